The van der Waals surface area contributed by atoms with Gasteiger partial charge in [0.25, 0.3) is 0 Å². The molecule has 1 aromatic rings. The van der Waals surface area contributed by atoms with Gasteiger partial charge in [0.2, 0.25) is 0 Å². The van der Waals surface area contributed by atoms with E-state index in [9.17, 15) is 0 Å². The van der Waals surface area contributed by atoms with Crippen molar-refractivity contribution in [2.45, 2.75) is 74.8 Å². The van der Waals surface area contributed by atoms with E-state index < -0.39 is 48.7 Å². The maximum Gasteiger partial charge on any atom is 2.00 e. The van der Waals surface area contributed by atoms with Gasteiger partial charge in [-0.3, -0.25) is 0 Å². The summed E-state index contributed by atoms with van der Waals surface area (Å²) in [5.74, 6) is -0.731. The van der Waals surface area contributed by atoms with E-state index in [1.54, 1.807) is 35.0 Å². The van der Waals surface area contributed by atoms with Crippen LogP contribution >= 0.6 is 0 Å². The molecule has 38 heavy (non-hydrogen) atoms. The molecule has 0 aromatic heterocycles. The third kappa shape index (κ3) is 9.82. The molecule has 0 saturated carbocycles. The summed E-state index contributed by atoms with van der Waals surface area (Å²) in [4.78, 5) is 0. The van der Waals surface area contributed by atoms with Gasteiger partial charge in [-0.15, -0.1) is 12.1 Å². The molecule has 3 saturated heterocycles. The monoisotopic (exact) mass is 783 g/mol. The fourth-order valence-electron chi connectivity index (χ4n) is 4.41. The van der Waals surface area contributed by atoms with Crippen LogP contribution in [0.3, 0.4) is 0 Å². The van der Waals surface area contributed by atoms with Crippen LogP contribution in [-0.4, -0.2) is 96.0 Å². The molecule has 0 spiro atoms. The topological polar surface area (TPSA) is 83.1 Å². The van der Waals surface area contributed by atoms with Gasteiger partial charge in [0.15, 0.2) is 12.1 Å². The normalized spacial score (nSPS) is 35.6. The molecule has 3 aliphatic rings. The molecule has 0 N–H and O–H groups in total. The van der Waals surface area contributed by atoms with E-state index in [1.807, 2.05) is 44.2 Å². The molecular formula is C27H42O9WY-2. The second-order valence-electron chi connectivity index (χ2n) is 9.03. The van der Waals surface area contributed by atoms with Crippen molar-refractivity contribution in [2.24, 2.45) is 0 Å². The smallest absolute Gasteiger partial charge is 0.569 e. The van der Waals surface area contributed by atoms with Crippen LogP contribution in [0.5, 0.6) is 0 Å². The first-order valence-electron chi connectivity index (χ1n) is 11.7. The number of methoxy groups -OCH3 is 4. The van der Waals surface area contributed by atoms with Gasteiger partial charge in [-0.1, -0.05) is 12.2 Å². The van der Waals surface area contributed by atoms with Crippen molar-refractivity contribution in [1.82, 2.24) is 0 Å². The van der Waals surface area contributed by atoms with Crippen LogP contribution in [0.1, 0.15) is 19.4 Å². The van der Waals surface area contributed by atoms with Crippen LogP contribution in [0.2, 0.25) is 0 Å². The zero-order valence-electron chi connectivity index (χ0n) is 23.4. The van der Waals surface area contributed by atoms with E-state index in [0.29, 0.717) is 6.61 Å². The van der Waals surface area contributed by atoms with Crippen LogP contribution in [0.15, 0.2) is 30.3 Å². The third-order valence-electron chi connectivity index (χ3n) is 6.23. The van der Waals surface area contributed by atoms with Crippen molar-refractivity contribution in [2.75, 3.05) is 35.0 Å². The van der Waals surface area contributed by atoms with Crippen molar-refractivity contribution >= 4 is 0 Å². The van der Waals surface area contributed by atoms with Gasteiger partial charge in [0, 0.05) is 61.1 Å². The Balaban J connectivity index is 0.00000119. The van der Waals surface area contributed by atoms with E-state index >= 15 is 0 Å². The minimum Gasteiger partial charge on any atom is -0.569 e. The Bertz CT molecular complexity index is 759. The quantitative estimate of drug-likeness (QED) is 0.405. The molecule has 9 nitrogen and oxygen atoms in total. The van der Waals surface area contributed by atoms with Gasteiger partial charge in [0.05, 0.1) is 18.8 Å². The summed E-state index contributed by atoms with van der Waals surface area (Å²) in [6.07, 6.45) is -4.28. The van der Waals surface area contributed by atoms with Gasteiger partial charge in [-0.05, 0) is 20.0 Å². The molecule has 3 fully saturated rings. The molecule has 0 amide bonds. The van der Waals surface area contributed by atoms with Gasteiger partial charge in [0.1, 0.15) is 24.4 Å². The predicted molar refractivity (Wildman–Crippen MR) is 133 cm³/mol. The molecule has 0 bridgehead atoms. The molecule has 1 aromatic carbocycles. The third-order valence-corrected chi connectivity index (χ3v) is 6.23. The van der Waals surface area contributed by atoms with Crippen LogP contribution in [0, 0.1) is 27.9 Å². The Morgan fingerprint density at radius 3 is 2.03 bits per heavy atom. The molecular weight excluding hydrogens is 741 g/mol. The first kappa shape index (κ1) is 38.5. The molecule has 3 aliphatic heterocycles. The van der Waals surface area contributed by atoms with E-state index in [-0.39, 0.29) is 73.4 Å². The van der Waals surface area contributed by atoms with Crippen molar-refractivity contribution < 1.29 is 96.4 Å². The molecule has 215 valence electrons. The summed E-state index contributed by atoms with van der Waals surface area (Å²) in [6, 6.07) is 9.87. The van der Waals surface area contributed by atoms with E-state index in [1.165, 1.54) is 0 Å². The number of ether oxygens (including phenoxy) is 9. The van der Waals surface area contributed by atoms with Crippen molar-refractivity contribution in [3.8, 4) is 0 Å². The summed E-state index contributed by atoms with van der Waals surface area (Å²) < 4.78 is 52.2. The molecule has 9 atom stereocenters. The van der Waals surface area contributed by atoms with Gasteiger partial charge in [-0.2, -0.15) is 31.2 Å². The summed E-state index contributed by atoms with van der Waals surface area (Å²) in [5.41, 5.74) is 1.07. The number of hydrogen-bond donors (Lipinski definition) is 0. The molecule has 4 rings (SSSR count). The van der Waals surface area contributed by atoms with Crippen molar-refractivity contribution in [3.63, 3.8) is 0 Å². The van der Waals surface area contributed by atoms with Crippen LogP contribution in [0.25, 0.3) is 0 Å². The van der Waals surface area contributed by atoms with Gasteiger partial charge < -0.3 is 57.0 Å². The largest absolute Gasteiger partial charge is 2.00 e. The molecule has 11 heteroatoms. The minimum absolute atomic E-state index is 0. The fraction of sp³-hybridized carbons (Fsp3) is 0.630. The Labute approximate surface area is 268 Å². The maximum atomic E-state index is 6.27. The summed E-state index contributed by atoms with van der Waals surface area (Å²) >= 11 is 0. The summed E-state index contributed by atoms with van der Waals surface area (Å²) in [6.45, 7) is 13.4. The second-order valence-corrected chi connectivity index (χ2v) is 9.03. The zero-order valence-corrected chi connectivity index (χ0v) is 29.2. The second kappa shape index (κ2) is 18.1. The Kier molecular flexibility index (Phi) is 18.4. The SMILES string of the molecule is [CH2-]C1O[CH-]C(OC)C(OC)C1OC1OC2COC(C)(C)OC2C(OC)C1OC.[CH2-]c1ccccc1.[CH3-].[W+2].[Y]. The Morgan fingerprint density at radius 1 is 0.921 bits per heavy atom. The zero-order chi connectivity index (χ0) is 25.6. The number of hydrogen-bond acceptors (Lipinski definition) is 9. The van der Waals surface area contributed by atoms with Crippen molar-refractivity contribution in [3.05, 3.63) is 63.8 Å². The predicted octanol–water partition coefficient (Wildman–Crippen LogP) is 3.02. The number of rotatable bonds is 6. The Morgan fingerprint density at radius 2 is 1.53 bits per heavy atom. The molecule has 3 heterocycles. The number of benzene rings is 1. The van der Waals surface area contributed by atoms with E-state index in [0.717, 1.165) is 5.56 Å². The van der Waals surface area contributed by atoms with Crippen LogP contribution in [-0.2, 0) is 96.4 Å². The molecule has 1 radical (unpaired) electrons. The summed E-state index contributed by atoms with van der Waals surface area (Å²) in [5, 5.41) is 0. The average molecular weight is 783 g/mol. The van der Waals surface area contributed by atoms with E-state index in [4.69, 9.17) is 42.6 Å². The molecule has 0 aliphatic carbocycles. The summed E-state index contributed by atoms with van der Waals surface area (Å²) in [7, 11) is 6.37. The van der Waals surface area contributed by atoms with E-state index in [2.05, 4.69) is 13.8 Å². The number of fused-ring (bicyclic) bond motifs is 1. The first-order chi connectivity index (χ1) is 16.7. The van der Waals surface area contributed by atoms with Crippen molar-refractivity contribution in [1.29, 1.82) is 0 Å². The standard InChI is InChI=1S/C19H32O9.C7H7.CH3.W.Y/c1-10-13(14(21-5)11(20-4)8-24-10)27-18-17(23-7)16(22-6)15-12(26-18)9-25-19(2,3)28-15;1-7-5-3-2-4-6-7;;;/h8,10-18H,1,9H2,2-7H3;2-6H,1H2;1H3;;/q-2;2*-1;+2;. The Hall–Kier alpha value is 0.522. The first-order valence-corrected chi connectivity index (χ1v) is 11.7. The maximum absolute atomic E-state index is 6.27. The molecule has 9 unspecified atom stereocenters. The van der Waals surface area contributed by atoms with Gasteiger partial charge >= 0.3 is 21.1 Å². The van der Waals surface area contributed by atoms with Crippen LogP contribution < -0.4 is 0 Å². The minimum atomic E-state index is -0.754. The fourth-order valence-corrected chi connectivity index (χ4v) is 4.41. The van der Waals surface area contributed by atoms with Gasteiger partial charge in [-0.25, -0.2) is 0 Å². The average Bonchev–Trinajstić information content (AvgIpc) is 2.85. The van der Waals surface area contributed by atoms with Crippen LogP contribution in [0.4, 0.5) is 0 Å².